The number of carbonyl (C=O) groups is 2. The molecule has 0 aliphatic heterocycles. The van der Waals surface area contributed by atoms with Crippen molar-refractivity contribution >= 4 is 11.8 Å². The SMILES string of the molecule is CCCCOC(=O)c1cc[n+](CC(=O)c2ccccc2)cc1. The maximum Gasteiger partial charge on any atom is 0.338 e. The fourth-order valence-corrected chi connectivity index (χ4v) is 1.97. The summed E-state index contributed by atoms with van der Waals surface area (Å²) in [6, 6.07) is 12.5. The lowest BCUT2D eigenvalue weighted by atomic mass is 10.1. The van der Waals surface area contributed by atoms with Crippen LogP contribution in [0.15, 0.2) is 54.9 Å². The number of esters is 1. The molecule has 1 aromatic heterocycles. The van der Waals surface area contributed by atoms with Crippen molar-refractivity contribution in [2.75, 3.05) is 6.61 Å². The number of ketones is 1. The molecule has 0 spiro atoms. The van der Waals surface area contributed by atoms with Crippen LogP contribution in [0.5, 0.6) is 0 Å². The standard InChI is InChI=1S/C18H20NO3/c1-2-3-13-22-18(21)16-9-11-19(12-10-16)14-17(20)15-7-5-4-6-8-15/h4-12H,2-3,13-14H2,1H3/q+1. The van der Waals surface area contributed by atoms with E-state index in [9.17, 15) is 9.59 Å². The van der Waals surface area contributed by atoms with Crippen molar-refractivity contribution in [1.29, 1.82) is 0 Å². The Morgan fingerprint density at radius 2 is 1.68 bits per heavy atom. The highest BCUT2D eigenvalue weighted by molar-refractivity contribution is 5.95. The van der Waals surface area contributed by atoms with E-state index < -0.39 is 0 Å². The summed E-state index contributed by atoms with van der Waals surface area (Å²) < 4.78 is 6.89. The number of nitrogens with zero attached hydrogens (tertiary/aromatic N) is 1. The van der Waals surface area contributed by atoms with Gasteiger partial charge in [-0.05, 0) is 6.42 Å². The third-order valence-corrected chi connectivity index (χ3v) is 3.28. The fraction of sp³-hybridized carbons (Fsp3) is 0.278. The second-order valence-corrected chi connectivity index (χ2v) is 5.04. The van der Waals surface area contributed by atoms with Crippen LogP contribution in [0.4, 0.5) is 0 Å². The number of pyridine rings is 1. The van der Waals surface area contributed by atoms with Crippen molar-refractivity contribution in [3.05, 3.63) is 66.0 Å². The molecular weight excluding hydrogens is 278 g/mol. The van der Waals surface area contributed by atoms with Gasteiger partial charge in [0.05, 0.1) is 12.2 Å². The van der Waals surface area contributed by atoms with Crippen LogP contribution in [-0.2, 0) is 11.3 Å². The van der Waals surface area contributed by atoms with Crippen LogP contribution >= 0.6 is 0 Å². The number of Topliss-reactive ketones (excluding diaryl/α,β-unsaturated/α-hetero) is 1. The third-order valence-electron chi connectivity index (χ3n) is 3.28. The predicted octanol–water partition coefficient (Wildman–Crippen LogP) is 2.81. The molecule has 0 saturated heterocycles. The van der Waals surface area contributed by atoms with E-state index in [-0.39, 0.29) is 18.3 Å². The minimum absolute atomic E-state index is 0.0314. The summed E-state index contributed by atoms with van der Waals surface area (Å²) in [5, 5.41) is 0. The molecular formula is C18H20NO3+. The van der Waals surface area contributed by atoms with E-state index in [0.717, 1.165) is 12.8 Å². The van der Waals surface area contributed by atoms with Crippen LogP contribution in [0, 0.1) is 0 Å². The van der Waals surface area contributed by atoms with E-state index in [1.54, 1.807) is 41.2 Å². The average molecular weight is 298 g/mol. The van der Waals surface area contributed by atoms with E-state index in [1.807, 2.05) is 25.1 Å². The first kappa shape index (κ1) is 15.9. The average Bonchev–Trinajstić information content (AvgIpc) is 2.56. The van der Waals surface area contributed by atoms with E-state index >= 15 is 0 Å². The van der Waals surface area contributed by atoms with Crippen molar-refractivity contribution < 1.29 is 18.9 Å². The van der Waals surface area contributed by atoms with Crippen LogP contribution in [0.25, 0.3) is 0 Å². The monoisotopic (exact) mass is 298 g/mol. The number of ether oxygens (including phenoxy) is 1. The molecule has 1 aromatic carbocycles. The third kappa shape index (κ3) is 4.52. The van der Waals surface area contributed by atoms with Crippen LogP contribution < -0.4 is 4.57 Å². The Bertz CT molecular complexity index is 621. The Morgan fingerprint density at radius 1 is 1.00 bits per heavy atom. The minimum atomic E-state index is -0.324. The summed E-state index contributed by atoms with van der Waals surface area (Å²) in [4.78, 5) is 23.9. The number of benzene rings is 1. The Hall–Kier alpha value is -2.49. The molecule has 114 valence electrons. The van der Waals surface area contributed by atoms with E-state index in [2.05, 4.69) is 0 Å². The van der Waals surface area contributed by atoms with Gasteiger partial charge in [-0.25, -0.2) is 4.79 Å². The second-order valence-electron chi connectivity index (χ2n) is 5.04. The molecule has 0 N–H and O–H groups in total. The molecule has 0 saturated carbocycles. The van der Waals surface area contributed by atoms with Crippen molar-refractivity contribution in [3.8, 4) is 0 Å². The Kier molecular flexibility index (Phi) is 5.83. The Labute approximate surface area is 130 Å². The maximum atomic E-state index is 12.1. The van der Waals surface area contributed by atoms with Gasteiger partial charge in [-0.3, -0.25) is 4.79 Å². The van der Waals surface area contributed by atoms with Crippen LogP contribution in [0.3, 0.4) is 0 Å². The second kappa shape index (κ2) is 8.08. The summed E-state index contributed by atoms with van der Waals surface area (Å²) in [5.41, 5.74) is 1.18. The van der Waals surface area contributed by atoms with Crippen LogP contribution in [0.1, 0.15) is 40.5 Å². The van der Waals surface area contributed by atoms with Gasteiger partial charge in [-0.15, -0.1) is 0 Å². The van der Waals surface area contributed by atoms with Gasteiger partial charge in [-0.1, -0.05) is 43.7 Å². The molecule has 0 aliphatic rings. The number of hydrogen-bond acceptors (Lipinski definition) is 3. The van der Waals surface area contributed by atoms with Gasteiger partial charge >= 0.3 is 5.97 Å². The molecule has 4 heteroatoms. The molecule has 0 amide bonds. The van der Waals surface area contributed by atoms with E-state index in [0.29, 0.717) is 17.7 Å². The zero-order chi connectivity index (χ0) is 15.8. The van der Waals surface area contributed by atoms with Crippen LogP contribution in [0.2, 0.25) is 0 Å². The molecule has 0 unspecified atom stereocenters. The van der Waals surface area contributed by atoms with Crippen molar-refractivity contribution in [2.45, 2.75) is 26.3 Å². The fourth-order valence-electron chi connectivity index (χ4n) is 1.97. The number of hydrogen-bond donors (Lipinski definition) is 0. The first-order valence-corrected chi connectivity index (χ1v) is 7.45. The summed E-state index contributed by atoms with van der Waals surface area (Å²) in [5.74, 6) is -0.293. The number of aromatic nitrogens is 1. The minimum Gasteiger partial charge on any atom is -0.462 e. The lowest BCUT2D eigenvalue weighted by molar-refractivity contribution is -0.683. The molecule has 2 aromatic rings. The quantitative estimate of drug-likeness (QED) is 0.342. The molecule has 4 nitrogen and oxygen atoms in total. The van der Waals surface area contributed by atoms with Gasteiger partial charge in [0, 0.05) is 17.7 Å². The maximum absolute atomic E-state index is 12.1. The van der Waals surface area contributed by atoms with Crippen molar-refractivity contribution in [3.63, 3.8) is 0 Å². The molecule has 0 aliphatic carbocycles. The smallest absolute Gasteiger partial charge is 0.338 e. The highest BCUT2D eigenvalue weighted by Gasteiger charge is 2.13. The number of rotatable bonds is 7. The van der Waals surface area contributed by atoms with Gasteiger partial charge in [0.1, 0.15) is 0 Å². The number of carbonyl (C=O) groups excluding carboxylic acids is 2. The topological polar surface area (TPSA) is 47.2 Å². The van der Waals surface area contributed by atoms with Gasteiger partial charge in [0.2, 0.25) is 12.3 Å². The van der Waals surface area contributed by atoms with E-state index in [4.69, 9.17) is 4.74 Å². The van der Waals surface area contributed by atoms with Gasteiger partial charge < -0.3 is 4.74 Å². The Balaban J connectivity index is 1.94. The molecule has 0 bridgehead atoms. The summed E-state index contributed by atoms with van der Waals surface area (Å²) in [6.45, 7) is 2.73. The van der Waals surface area contributed by atoms with Gasteiger partial charge in [0.25, 0.3) is 0 Å². The molecule has 0 fully saturated rings. The first-order chi connectivity index (χ1) is 10.7. The lowest BCUT2D eigenvalue weighted by Crippen LogP contribution is -2.37. The van der Waals surface area contributed by atoms with Crippen LogP contribution in [-0.4, -0.2) is 18.4 Å². The highest BCUT2D eigenvalue weighted by Crippen LogP contribution is 2.02. The summed E-state index contributed by atoms with van der Waals surface area (Å²) >= 11 is 0. The molecule has 1 heterocycles. The highest BCUT2D eigenvalue weighted by atomic mass is 16.5. The first-order valence-electron chi connectivity index (χ1n) is 7.45. The Morgan fingerprint density at radius 3 is 2.32 bits per heavy atom. The lowest BCUT2D eigenvalue weighted by Gasteiger charge is -2.03. The largest absolute Gasteiger partial charge is 0.462 e. The zero-order valence-electron chi connectivity index (χ0n) is 12.7. The van der Waals surface area contributed by atoms with Gasteiger partial charge in [0.15, 0.2) is 12.4 Å². The van der Waals surface area contributed by atoms with Gasteiger partial charge in [-0.2, -0.15) is 4.57 Å². The van der Waals surface area contributed by atoms with Crippen molar-refractivity contribution in [1.82, 2.24) is 0 Å². The summed E-state index contributed by atoms with van der Waals surface area (Å²) in [6.07, 6.45) is 5.29. The predicted molar refractivity (Wildman–Crippen MR) is 82.6 cm³/mol. The van der Waals surface area contributed by atoms with E-state index in [1.165, 1.54) is 0 Å². The molecule has 22 heavy (non-hydrogen) atoms. The summed E-state index contributed by atoms with van der Waals surface area (Å²) in [7, 11) is 0. The normalized spacial score (nSPS) is 10.2. The zero-order valence-corrected chi connectivity index (χ0v) is 12.7. The number of unbranched alkanes of at least 4 members (excludes halogenated alkanes) is 1. The van der Waals surface area contributed by atoms with Crippen molar-refractivity contribution in [2.24, 2.45) is 0 Å². The molecule has 2 rings (SSSR count). The molecule has 0 atom stereocenters. The molecule has 0 radical (unpaired) electrons.